The van der Waals surface area contributed by atoms with Crippen LogP contribution in [0.1, 0.15) is 35.2 Å². The monoisotopic (exact) mass is 529 g/mol. The van der Waals surface area contributed by atoms with E-state index in [0.717, 1.165) is 44.6 Å². The van der Waals surface area contributed by atoms with Crippen LogP contribution in [0.4, 0.5) is 18.6 Å². The summed E-state index contributed by atoms with van der Waals surface area (Å²) in [5, 5.41) is 14.6. The molecule has 2 saturated heterocycles. The second-order valence-corrected chi connectivity index (χ2v) is 9.91. The maximum Gasteiger partial charge on any atom is 0.344 e. The standard InChI is InChI=1S/C22H26ClF2N5O4S/c1-29-9-14-8-13(29)10-30(14)5-3-2-4-26-22(33)27-20-18(21(31)32)19(28-35-20)34-11-15-16(24)6-12(23)7-17(15)25/h6-7,13-14H,2-5,8-11H2,1H3,(H,31,32)(H2,26,27,33). The molecule has 0 aliphatic carbocycles. The molecule has 35 heavy (non-hydrogen) atoms. The van der Waals surface area contributed by atoms with E-state index >= 15 is 0 Å². The van der Waals surface area contributed by atoms with E-state index < -0.39 is 41.4 Å². The molecule has 0 radical (unpaired) electrons. The number of carboxylic acid groups (broad SMARTS) is 1. The molecule has 0 spiro atoms. The van der Waals surface area contributed by atoms with Gasteiger partial charge in [-0.05, 0) is 56.5 Å². The molecule has 13 heteroatoms. The van der Waals surface area contributed by atoms with Crippen molar-refractivity contribution in [2.75, 3.05) is 38.5 Å². The van der Waals surface area contributed by atoms with Crippen molar-refractivity contribution in [2.24, 2.45) is 0 Å². The smallest absolute Gasteiger partial charge is 0.344 e. The Morgan fingerprint density at radius 2 is 2.00 bits per heavy atom. The molecule has 2 amide bonds. The number of nitrogens with one attached hydrogen (secondary N) is 2. The third kappa shape index (κ3) is 6.00. The van der Waals surface area contributed by atoms with Gasteiger partial charge in [0, 0.05) is 36.7 Å². The molecular weight excluding hydrogens is 504 g/mol. The number of likely N-dealkylation sites (tertiary alicyclic amines) is 2. The maximum absolute atomic E-state index is 14.0. The van der Waals surface area contributed by atoms with Gasteiger partial charge >= 0.3 is 12.0 Å². The number of urea groups is 1. The van der Waals surface area contributed by atoms with Crippen LogP contribution in [0.2, 0.25) is 5.02 Å². The largest absolute Gasteiger partial charge is 0.477 e. The van der Waals surface area contributed by atoms with E-state index in [-0.39, 0.29) is 15.9 Å². The second-order valence-electron chi connectivity index (χ2n) is 8.70. The summed E-state index contributed by atoms with van der Waals surface area (Å²) >= 11 is 6.30. The Labute approximate surface area is 210 Å². The number of ether oxygens (including phenoxy) is 1. The van der Waals surface area contributed by atoms with Crippen molar-refractivity contribution < 1.29 is 28.2 Å². The van der Waals surface area contributed by atoms with E-state index in [1.54, 1.807) is 0 Å². The summed E-state index contributed by atoms with van der Waals surface area (Å²) in [6.07, 6.45) is 2.97. The maximum atomic E-state index is 14.0. The van der Waals surface area contributed by atoms with Crippen molar-refractivity contribution in [1.82, 2.24) is 19.5 Å². The number of benzene rings is 1. The minimum Gasteiger partial charge on any atom is -0.477 e. The van der Waals surface area contributed by atoms with E-state index in [0.29, 0.717) is 30.2 Å². The Kier molecular flexibility index (Phi) is 8.05. The van der Waals surface area contributed by atoms with Crippen LogP contribution in [-0.2, 0) is 6.61 Å². The zero-order valence-corrected chi connectivity index (χ0v) is 20.6. The Balaban J connectivity index is 1.24. The van der Waals surface area contributed by atoms with Crippen LogP contribution in [-0.4, -0.2) is 76.6 Å². The van der Waals surface area contributed by atoms with Crippen molar-refractivity contribution in [1.29, 1.82) is 0 Å². The molecule has 2 aromatic rings. The topological polar surface area (TPSA) is 107 Å². The third-order valence-electron chi connectivity index (χ3n) is 6.35. The molecule has 3 N–H and O–H groups in total. The van der Waals surface area contributed by atoms with Crippen LogP contribution in [0, 0.1) is 11.6 Å². The molecule has 1 aromatic carbocycles. The Hall–Kier alpha value is -2.54. The molecule has 2 unspecified atom stereocenters. The highest BCUT2D eigenvalue weighted by Crippen LogP contribution is 2.32. The van der Waals surface area contributed by atoms with Crippen LogP contribution in [0.3, 0.4) is 0 Å². The van der Waals surface area contributed by atoms with Crippen molar-refractivity contribution in [3.63, 3.8) is 0 Å². The number of hydrogen-bond donors (Lipinski definition) is 3. The second kappa shape index (κ2) is 11.0. The number of carboxylic acids is 1. The number of anilines is 1. The number of likely N-dealkylation sites (N-methyl/N-ethyl adjacent to an activating group) is 1. The highest BCUT2D eigenvalue weighted by atomic mass is 35.5. The fourth-order valence-electron chi connectivity index (χ4n) is 4.51. The first-order valence-electron chi connectivity index (χ1n) is 11.2. The Morgan fingerprint density at radius 1 is 1.26 bits per heavy atom. The van der Waals surface area contributed by atoms with Crippen molar-refractivity contribution in [3.05, 3.63) is 39.9 Å². The van der Waals surface area contributed by atoms with Gasteiger partial charge in [-0.3, -0.25) is 10.2 Å². The summed E-state index contributed by atoms with van der Waals surface area (Å²) in [5.41, 5.74) is -0.811. The van der Waals surface area contributed by atoms with Gasteiger partial charge in [0.1, 0.15) is 23.2 Å². The molecular formula is C22H26ClF2N5O4S. The molecule has 4 rings (SSSR count). The van der Waals surface area contributed by atoms with Crippen LogP contribution in [0.25, 0.3) is 0 Å². The van der Waals surface area contributed by atoms with Gasteiger partial charge in [0.2, 0.25) is 5.88 Å². The Morgan fingerprint density at radius 3 is 2.63 bits per heavy atom. The molecule has 0 saturated carbocycles. The molecule has 2 bridgehead atoms. The number of amides is 2. The van der Waals surface area contributed by atoms with Gasteiger partial charge in [0.05, 0.1) is 5.56 Å². The average molecular weight is 530 g/mol. The number of nitrogens with zero attached hydrogens (tertiary/aromatic N) is 3. The summed E-state index contributed by atoms with van der Waals surface area (Å²) in [7, 11) is 2.16. The van der Waals surface area contributed by atoms with Crippen LogP contribution in [0.15, 0.2) is 12.1 Å². The summed E-state index contributed by atoms with van der Waals surface area (Å²) < 4.78 is 37.0. The van der Waals surface area contributed by atoms with Crippen molar-refractivity contribution >= 4 is 40.1 Å². The Bertz CT molecular complexity index is 1080. The zero-order valence-electron chi connectivity index (χ0n) is 19.0. The first-order valence-corrected chi connectivity index (χ1v) is 12.4. The molecule has 2 fully saturated rings. The van der Waals surface area contributed by atoms with Gasteiger partial charge in [0.25, 0.3) is 0 Å². The lowest BCUT2D eigenvalue weighted by atomic mass is 10.2. The minimum absolute atomic E-state index is 0.0424. The highest BCUT2D eigenvalue weighted by molar-refractivity contribution is 7.11. The molecule has 9 nitrogen and oxygen atoms in total. The molecule has 1 aromatic heterocycles. The number of carbonyl (C=O) groups is 2. The zero-order chi connectivity index (χ0) is 25.1. The lowest BCUT2D eigenvalue weighted by Crippen LogP contribution is -2.44. The van der Waals surface area contributed by atoms with Gasteiger partial charge in [-0.25, -0.2) is 18.4 Å². The average Bonchev–Trinajstić information content (AvgIpc) is 3.46. The number of halogens is 3. The number of fused-ring (bicyclic) bond motifs is 2. The quantitative estimate of drug-likeness (QED) is 0.403. The number of aromatic carboxylic acids is 1. The predicted molar refractivity (Wildman–Crippen MR) is 127 cm³/mol. The summed E-state index contributed by atoms with van der Waals surface area (Å²) in [5.74, 6) is -3.60. The normalized spacial score (nSPS) is 19.8. The van der Waals surface area contributed by atoms with Gasteiger partial charge in [-0.1, -0.05) is 11.6 Å². The molecule has 2 atom stereocenters. The van der Waals surface area contributed by atoms with Crippen molar-refractivity contribution in [2.45, 2.75) is 38.0 Å². The van der Waals surface area contributed by atoms with Gasteiger partial charge in [-0.2, -0.15) is 4.37 Å². The van der Waals surface area contributed by atoms with Gasteiger partial charge in [-0.15, -0.1) is 0 Å². The van der Waals surface area contributed by atoms with E-state index in [9.17, 15) is 23.5 Å². The van der Waals surface area contributed by atoms with Crippen LogP contribution >= 0.6 is 23.1 Å². The lowest BCUT2D eigenvalue weighted by molar-refractivity contribution is 0.0693. The summed E-state index contributed by atoms with van der Waals surface area (Å²) in [6, 6.07) is 2.57. The molecule has 3 heterocycles. The van der Waals surface area contributed by atoms with E-state index in [2.05, 4.69) is 31.9 Å². The fourth-order valence-corrected chi connectivity index (χ4v) is 5.42. The number of rotatable bonds is 10. The lowest BCUT2D eigenvalue weighted by Gasteiger charge is -2.31. The predicted octanol–water partition coefficient (Wildman–Crippen LogP) is 3.64. The number of carbonyl (C=O) groups excluding carboxylic acids is 1. The number of aromatic nitrogens is 1. The van der Waals surface area contributed by atoms with Gasteiger partial charge < -0.3 is 20.1 Å². The van der Waals surface area contributed by atoms with Crippen LogP contribution < -0.4 is 15.4 Å². The van der Waals surface area contributed by atoms with E-state index in [4.69, 9.17) is 16.3 Å². The molecule has 2 aliphatic rings. The number of hydrogen-bond acceptors (Lipinski definition) is 7. The third-order valence-corrected chi connectivity index (χ3v) is 7.31. The fraction of sp³-hybridized carbons (Fsp3) is 0.500. The first-order chi connectivity index (χ1) is 16.7. The summed E-state index contributed by atoms with van der Waals surface area (Å²) in [6.45, 7) is 3.04. The van der Waals surface area contributed by atoms with Gasteiger partial charge in [0.15, 0.2) is 5.56 Å². The van der Waals surface area contributed by atoms with E-state index in [1.807, 2.05) is 0 Å². The summed E-state index contributed by atoms with van der Waals surface area (Å²) in [4.78, 5) is 28.9. The molecule has 2 aliphatic heterocycles. The van der Waals surface area contributed by atoms with Crippen molar-refractivity contribution in [3.8, 4) is 5.88 Å². The SMILES string of the molecule is CN1CC2CC1CN2CCCCNC(=O)Nc1snc(OCc2c(F)cc(Cl)cc2F)c1C(=O)O. The first kappa shape index (κ1) is 25.5. The molecule has 190 valence electrons. The highest BCUT2D eigenvalue weighted by Gasteiger charge is 2.40. The number of unbranched alkanes of at least 4 members (excludes halogenated alkanes) is 1. The minimum atomic E-state index is -1.40. The van der Waals surface area contributed by atoms with Crippen LogP contribution in [0.5, 0.6) is 5.88 Å². The van der Waals surface area contributed by atoms with E-state index in [1.165, 1.54) is 6.42 Å². The number of piperazine rings is 1.